The van der Waals surface area contributed by atoms with E-state index in [1.165, 1.54) is 28.3 Å². The van der Waals surface area contributed by atoms with Gasteiger partial charge in [-0.05, 0) is 36.1 Å². The summed E-state index contributed by atoms with van der Waals surface area (Å²) in [6.07, 6.45) is 3.48. The monoisotopic (exact) mass is 359 g/mol. The minimum atomic E-state index is -0.326. The van der Waals surface area contributed by atoms with Crippen LogP contribution in [-0.2, 0) is 6.54 Å². The molecule has 128 valence electrons. The van der Waals surface area contributed by atoms with Gasteiger partial charge in [0.05, 0.1) is 12.3 Å². The topological polar surface area (TPSA) is 88.2 Å². The molecule has 1 aromatic carbocycles. The van der Waals surface area contributed by atoms with Crippen molar-refractivity contribution in [2.75, 3.05) is 12.9 Å². The molecule has 2 N–H and O–H groups in total. The average molecular weight is 359 g/mol. The predicted octanol–water partition coefficient (Wildman–Crippen LogP) is 1.89. The highest BCUT2D eigenvalue weighted by Crippen LogP contribution is 2.22. The number of nitrogens with one attached hydrogen (secondary N) is 1. The zero-order valence-electron chi connectivity index (χ0n) is 13.2. The first-order chi connectivity index (χ1) is 12.1. The second-order valence-electron chi connectivity index (χ2n) is 5.43. The molecule has 4 aromatic rings. The Bertz CT molecular complexity index is 1130. The molecule has 0 unspecified atom stereocenters. The first kappa shape index (κ1) is 15.9. The van der Waals surface area contributed by atoms with Crippen LogP contribution in [0.25, 0.3) is 28.2 Å². The van der Waals surface area contributed by atoms with Crippen molar-refractivity contribution in [3.8, 4) is 11.3 Å². The fourth-order valence-electron chi connectivity index (χ4n) is 2.77. The molecule has 0 aliphatic carbocycles. The molecule has 0 atom stereocenters. The van der Waals surface area contributed by atoms with Crippen LogP contribution in [0.15, 0.2) is 40.4 Å². The molecule has 0 bridgehead atoms. The molecule has 3 heterocycles. The van der Waals surface area contributed by atoms with E-state index < -0.39 is 0 Å². The normalized spacial score (nSPS) is 11.6. The third-order valence-corrected chi connectivity index (χ3v) is 4.61. The van der Waals surface area contributed by atoms with E-state index in [1.54, 1.807) is 22.9 Å². The van der Waals surface area contributed by atoms with E-state index in [1.807, 2.05) is 6.26 Å². The van der Waals surface area contributed by atoms with E-state index >= 15 is 0 Å². The van der Waals surface area contributed by atoms with Gasteiger partial charge >= 0.3 is 0 Å². The zero-order chi connectivity index (χ0) is 17.6. The molecule has 0 spiro atoms. The van der Waals surface area contributed by atoms with E-state index in [-0.39, 0.29) is 23.5 Å². The van der Waals surface area contributed by atoms with Gasteiger partial charge in [-0.3, -0.25) is 4.79 Å². The van der Waals surface area contributed by atoms with Crippen LogP contribution in [0.5, 0.6) is 0 Å². The van der Waals surface area contributed by atoms with Gasteiger partial charge in [0, 0.05) is 12.7 Å². The second-order valence-corrected chi connectivity index (χ2v) is 6.20. The molecule has 25 heavy (non-hydrogen) atoms. The fraction of sp³-hybridized carbons (Fsp3) is 0.188. The highest BCUT2D eigenvalue weighted by Gasteiger charge is 2.17. The molecule has 0 aliphatic heterocycles. The molecular weight excluding hydrogens is 345 g/mol. The maximum absolute atomic E-state index is 13.1. The number of hydrogen-bond acceptors (Lipinski definition) is 5. The van der Waals surface area contributed by atoms with Crippen LogP contribution in [0, 0.1) is 5.82 Å². The standard InChI is InChI=1S/C16H14FN5O2S/c1-25-16-19-12-13(21(16)6-7-23)20-15-18-11(8-22(15)14(12)24)9-2-4-10(17)5-3-9/h2-5,8,23H,6-7H2,1H3,(H,18,20). The minimum absolute atomic E-state index is 0.0778. The summed E-state index contributed by atoms with van der Waals surface area (Å²) in [7, 11) is 0. The summed E-state index contributed by atoms with van der Waals surface area (Å²) in [4.78, 5) is 24.7. The highest BCUT2D eigenvalue weighted by atomic mass is 32.2. The van der Waals surface area contributed by atoms with Crippen LogP contribution < -0.4 is 5.56 Å². The van der Waals surface area contributed by atoms with Gasteiger partial charge in [-0.25, -0.2) is 13.8 Å². The molecule has 3 aromatic heterocycles. The van der Waals surface area contributed by atoms with E-state index in [0.717, 1.165) is 5.56 Å². The number of halogens is 1. The van der Waals surface area contributed by atoms with Crippen LogP contribution in [0.4, 0.5) is 4.39 Å². The zero-order valence-corrected chi connectivity index (χ0v) is 14.0. The van der Waals surface area contributed by atoms with Crippen molar-refractivity contribution in [2.24, 2.45) is 0 Å². The van der Waals surface area contributed by atoms with Crippen LogP contribution >= 0.6 is 11.8 Å². The lowest BCUT2D eigenvalue weighted by atomic mass is 10.2. The third-order valence-electron chi connectivity index (χ3n) is 3.93. The number of hydrogen-bond donors (Lipinski definition) is 2. The number of aromatic nitrogens is 5. The summed E-state index contributed by atoms with van der Waals surface area (Å²) >= 11 is 1.39. The number of H-pyrrole nitrogens is 1. The molecule has 0 aliphatic rings. The lowest BCUT2D eigenvalue weighted by molar-refractivity contribution is 0.273. The van der Waals surface area contributed by atoms with Crippen molar-refractivity contribution in [3.05, 3.63) is 46.6 Å². The largest absolute Gasteiger partial charge is 0.395 e. The Morgan fingerprint density at radius 2 is 2.04 bits per heavy atom. The van der Waals surface area contributed by atoms with Gasteiger partial charge in [0.25, 0.3) is 5.56 Å². The van der Waals surface area contributed by atoms with Crippen molar-refractivity contribution in [1.29, 1.82) is 0 Å². The van der Waals surface area contributed by atoms with E-state index in [9.17, 15) is 14.3 Å². The average Bonchev–Trinajstić information content (AvgIpc) is 3.19. The molecule has 7 nitrogen and oxygen atoms in total. The van der Waals surface area contributed by atoms with Gasteiger partial charge in [-0.15, -0.1) is 0 Å². The Hall–Kier alpha value is -2.65. The Balaban J connectivity index is 1.96. The minimum Gasteiger partial charge on any atom is -0.395 e. The number of thioether (sulfide) groups is 1. The van der Waals surface area contributed by atoms with Crippen molar-refractivity contribution in [3.63, 3.8) is 0 Å². The Kier molecular flexibility index (Phi) is 3.81. The highest BCUT2D eigenvalue weighted by molar-refractivity contribution is 7.98. The maximum atomic E-state index is 13.1. The SMILES string of the molecule is CSc1nc2c(=O)n3cc(-c4ccc(F)cc4)[nH]c3nc2n1CCO. The second kappa shape index (κ2) is 6.01. The quantitative estimate of drug-likeness (QED) is 0.543. The smallest absolute Gasteiger partial charge is 0.287 e. The number of rotatable bonds is 4. The lowest BCUT2D eigenvalue weighted by Crippen LogP contribution is -2.14. The van der Waals surface area contributed by atoms with Crippen molar-refractivity contribution in [1.82, 2.24) is 23.9 Å². The van der Waals surface area contributed by atoms with Crippen molar-refractivity contribution in [2.45, 2.75) is 11.7 Å². The van der Waals surface area contributed by atoms with Gasteiger partial charge in [0.1, 0.15) is 5.82 Å². The Labute approximate surface area is 145 Å². The first-order valence-electron chi connectivity index (χ1n) is 7.55. The molecule has 0 fully saturated rings. The number of benzene rings is 1. The van der Waals surface area contributed by atoms with Crippen LogP contribution in [0.1, 0.15) is 0 Å². The van der Waals surface area contributed by atoms with Crippen molar-refractivity contribution >= 4 is 28.7 Å². The number of imidazole rings is 2. The summed E-state index contributed by atoms with van der Waals surface area (Å²) in [5.41, 5.74) is 1.77. The first-order valence-corrected chi connectivity index (χ1v) is 8.77. The summed E-state index contributed by atoms with van der Waals surface area (Å²) in [6, 6.07) is 5.96. The van der Waals surface area contributed by atoms with Gasteiger partial charge in [-0.2, -0.15) is 4.98 Å². The van der Waals surface area contributed by atoms with Crippen molar-refractivity contribution < 1.29 is 9.50 Å². The number of aliphatic hydroxyl groups is 1. The number of fused-ring (bicyclic) bond motifs is 2. The Morgan fingerprint density at radius 3 is 2.72 bits per heavy atom. The molecular formula is C16H14FN5O2S. The molecule has 0 saturated carbocycles. The van der Waals surface area contributed by atoms with E-state index in [0.29, 0.717) is 28.8 Å². The molecule has 0 radical (unpaired) electrons. The fourth-order valence-corrected chi connectivity index (χ4v) is 3.35. The molecule has 4 rings (SSSR count). The van der Waals surface area contributed by atoms with Crippen LogP contribution in [0.3, 0.4) is 0 Å². The van der Waals surface area contributed by atoms with Gasteiger partial charge < -0.3 is 14.7 Å². The molecule has 0 saturated heterocycles. The van der Waals surface area contributed by atoms with Crippen LogP contribution in [-0.4, -0.2) is 41.9 Å². The van der Waals surface area contributed by atoms with E-state index in [4.69, 9.17) is 0 Å². The third kappa shape index (κ3) is 2.52. The van der Waals surface area contributed by atoms with Gasteiger partial charge in [0.15, 0.2) is 16.3 Å². The summed E-state index contributed by atoms with van der Waals surface area (Å²) in [5, 5.41) is 9.89. The Morgan fingerprint density at radius 1 is 1.28 bits per heavy atom. The number of aromatic amines is 1. The van der Waals surface area contributed by atoms with Gasteiger partial charge in [0.2, 0.25) is 5.78 Å². The lowest BCUT2D eigenvalue weighted by Gasteiger charge is -2.03. The van der Waals surface area contributed by atoms with Gasteiger partial charge in [-0.1, -0.05) is 11.8 Å². The predicted molar refractivity (Wildman–Crippen MR) is 93.4 cm³/mol. The summed E-state index contributed by atoms with van der Waals surface area (Å²) in [5.74, 6) is 0.0382. The molecule has 0 amide bonds. The summed E-state index contributed by atoms with van der Waals surface area (Å²) < 4.78 is 16.2. The summed E-state index contributed by atoms with van der Waals surface area (Å²) in [6.45, 7) is 0.229. The number of aliphatic hydroxyl groups excluding tert-OH is 1. The number of nitrogens with zero attached hydrogens (tertiary/aromatic N) is 4. The van der Waals surface area contributed by atoms with E-state index in [2.05, 4.69) is 15.0 Å². The maximum Gasteiger partial charge on any atom is 0.287 e. The molecule has 9 heteroatoms. The van der Waals surface area contributed by atoms with Crippen LogP contribution in [0.2, 0.25) is 0 Å².